The number of Topliss-reactive ketones (excluding diaryl/α,β-unsaturated/α-hetero) is 1. The molecule has 0 bridgehead atoms. The second-order valence-electron chi connectivity index (χ2n) is 13.2. The van der Waals surface area contributed by atoms with Crippen molar-refractivity contribution >= 4 is 17.6 Å². The summed E-state index contributed by atoms with van der Waals surface area (Å²) in [5.74, 6) is 3.27. The molecular weight excluding hydrogens is 532 g/mol. The van der Waals surface area contributed by atoms with Crippen LogP contribution in [-0.2, 0) is 14.4 Å². The Balaban J connectivity index is -0.000000263. The Morgan fingerprint density at radius 1 is 0.442 bits per heavy atom. The molecule has 0 aromatic heterocycles. The fourth-order valence-corrected chi connectivity index (χ4v) is 4.35. The molecule has 0 fully saturated rings. The van der Waals surface area contributed by atoms with Gasteiger partial charge < -0.3 is 10.6 Å². The van der Waals surface area contributed by atoms with Crippen LogP contribution in [-0.4, -0.2) is 30.7 Å². The molecule has 43 heavy (non-hydrogen) atoms. The maximum absolute atomic E-state index is 11.0. The molecule has 0 rings (SSSR count). The lowest BCUT2D eigenvalue weighted by Gasteiger charge is -2.05. The monoisotopic (exact) mass is 613 g/mol. The summed E-state index contributed by atoms with van der Waals surface area (Å²) in [5.41, 5.74) is 0. The van der Waals surface area contributed by atoms with Crippen LogP contribution in [0.5, 0.6) is 0 Å². The van der Waals surface area contributed by atoms with E-state index in [9.17, 15) is 14.4 Å². The summed E-state index contributed by atoms with van der Waals surface area (Å²) in [6, 6.07) is 0. The second kappa shape index (κ2) is 38.6. The van der Waals surface area contributed by atoms with Gasteiger partial charge in [0.05, 0.1) is 0 Å². The maximum atomic E-state index is 11.0. The first-order valence-corrected chi connectivity index (χ1v) is 18.0. The average molecular weight is 613 g/mol. The minimum absolute atomic E-state index is 0. The van der Waals surface area contributed by atoms with Crippen LogP contribution in [0.1, 0.15) is 198 Å². The fourth-order valence-electron chi connectivity index (χ4n) is 4.35. The molecule has 0 aliphatic rings. The Hall–Kier alpha value is -1.39. The van der Waals surface area contributed by atoms with Gasteiger partial charge in [0, 0.05) is 38.8 Å². The van der Waals surface area contributed by atoms with Crippen LogP contribution in [0.4, 0.5) is 0 Å². The number of carbonyl (C=O) groups is 3. The quantitative estimate of drug-likeness (QED) is 0.101. The van der Waals surface area contributed by atoms with Crippen molar-refractivity contribution in [1.82, 2.24) is 10.6 Å². The molecule has 0 saturated carbocycles. The molecule has 0 aliphatic carbocycles. The van der Waals surface area contributed by atoms with E-state index in [4.69, 9.17) is 0 Å². The van der Waals surface area contributed by atoms with Crippen molar-refractivity contribution in [2.45, 2.75) is 198 Å². The molecule has 0 unspecified atom stereocenters. The molecule has 5 heteroatoms. The molecule has 0 aliphatic heterocycles. The van der Waals surface area contributed by atoms with Gasteiger partial charge in [0.2, 0.25) is 11.8 Å². The standard InChI is InChI=1S/C13H27NO.C13H26O.C11H23NO.CH4/c1-4-13(15)14-11-9-7-5-6-8-10-12(2)3;1-4-13(14)11-9-7-5-6-8-10-12(2)3;1-4-11(13)12-9-7-5-6-8-10(2)3;/h12H,4-11H2,1-3H3,(H,14,15);12H,4-11H2,1-3H3;10H,4-9H2,1-3H3,(H,12,13);1H4. The second-order valence-corrected chi connectivity index (χ2v) is 13.2. The van der Waals surface area contributed by atoms with Gasteiger partial charge in [0.1, 0.15) is 5.78 Å². The summed E-state index contributed by atoms with van der Waals surface area (Å²) < 4.78 is 0. The largest absolute Gasteiger partial charge is 0.356 e. The van der Waals surface area contributed by atoms with Crippen molar-refractivity contribution in [2.75, 3.05) is 13.1 Å². The van der Waals surface area contributed by atoms with E-state index in [2.05, 4.69) is 52.2 Å². The Labute approximate surface area is 271 Å². The minimum Gasteiger partial charge on any atom is -0.356 e. The van der Waals surface area contributed by atoms with Crippen molar-refractivity contribution in [2.24, 2.45) is 17.8 Å². The van der Waals surface area contributed by atoms with Gasteiger partial charge in [-0.25, -0.2) is 0 Å². The van der Waals surface area contributed by atoms with Gasteiger partial charge in [-0.3, -0.25) is 14.4 Å². The molecule has 260 valence electrons. The van der Waals surface area contributed by atoms with Crippen molar-refractivity contribution in [3.8, 4) is 0 Å². The Kier molecular flexibility index (Phi) is 43.6. The highest BCUT2D eigenvalue weighted by molar-refractivity contribution is 5.77. The van der Waals surface area contributed by atoms with Crippen LogP contribution in [0.15, 0.2) is 0 Å². The molecule has 0 aromatic rings. The Bertz CT molecular complexity index is 588. The van der Waals surface area contributed by atoms with Crippen LogP contribution < -0.4 is 10.6 Å². The fraction of sp³-hybridized carbons (Fsp3) is 0.921. The molecule has 5 nitrogen and oxygen atoms in total. The first-order valence-electron chi connectivity index (χ1n) is 18.0. The molecule has 2 amide bonds. The molecule has 0 atom stereocenters. The zero-order chi connectivity index (χ0) is 32.4. The van der Waals surface area contributed by atoms with Gasteiger partial charge >= 0.3 is 0 Å². The summed E-state index contributed by atoms with van der Waals surface area (Å²) in [5, 5.41) is 5.78. The zero-order valence-electron chi connectivity index (χ0n) is 30.0. The average Bonchev–Trinajstić information content (AvgIpc) is 2.95. The van der Waals surface area contributed by atoms with E-state index >= 15 is 0 Å². The molecule has 0 heterocycles. The minimum atomic E-state index is 0. The summed E-state index contributed by atoms with van der Waals surface area (Å²) >= 11 is 0. The topological polar surface area (TPSA) is 75.3 Å². The molecule has 0 aromatic carbocycles. The van der Waals surface area contributed by atoms with Gasteiger partial charge in [-0.2, -0.15) is 0 Å². The smallest absolute Gasteiger partial charge is 0.219 e. The number of unbranched alkanes of at least 4 members (excludes halogenated alkanes) is 10. The van der Waals surface area contributed by atoms with E-state index in [0.29, 0.717) is 25.0 Å². The number of hydrogen-bond donors (Lipinski definition) is 2. The predicted octanol–water partition coefficient (Wildman–Crippen LogP) is 11.2. The van der Waals surface area contributed by atoms with E-state index in [1.165, 1.54) is 83.5 Å². The van der Waals surface area contributed by atoms with Crippen molar-refractivity contribution in [3.63, 3.8) is 0 Å². The van der Waals surface area contributed by atoms with E-state index in [0.717, 1.165) is 56.5 Å². The lowest BCUT2D eigenvalue weighted by molar-refractivity contribution is -0.121. The van der Waals surface area contributed by atoms with Gasteiger partial charge in [-0.15, -0.1) is 0 Å². The zero-order valence-corrected chi connectivity index (χ0v) is 30.0. The van der Waals surface area contributed by atoms with E-state index in [-0.39, 0.29) is 19.2 Å². The predicted molar refractivity (Wildman–Crippen MR) is 192 cm³/mol. The summed E-state index contributed by atoms with van der Waals surface area (Å²) in [4.78, 5) is 32.7. The van der Waals surface area contributed by atoms with Gasteiger partial charge in [-0.1, -0.05) is 153 Å². The number of hydrogen-bond acceptors (Lipinski definition) is 3. The van der Waals surface area contributed by atoms with E-state index in [1.54, 1.807) is 0 Å². The molecule has 0 saturated heterocycles. The lowest BCUT2D eigenvalue weighted by atomic mass is 10.0. The summed E-state index contributed by atoms with van der Waals surface area (Å²) in [6.07, 6.45) is 23.2. The highest BCUT2D eigenvalue weighted by Gasteiger charge is 1.99. The first kappa shape index (κ1) is 48.5. The van der Waals surface area contributed by atoms with Gasteiger partial charge in [0.25, 0.3) is 0 Å². The molecule has 0 radical (unpaired) electrons. The number of carbonyl (C=O) groups excluding carboxylic acids is 3. The van der Waals surface area contributed by atoms with Crippen LogP contribution in [0.25, 0.3) is 0 Å². The number of rotatable bonds is 25. The molecule has 2 N–H and O–H groups in total. The molecular formula is C38H80N2O3. The van der Waals surface area contributed by atoms with Crippen molar-refractivity contribution in [3.05, 3.63) is 0 Å². The normalized spacial score (nSPS) is 10.4. The van der Waals surface area contributed by atoms with Crippen LogP contribution in [0, 0.1) is 17.8 Å². The number of nitrogens with one attached hydrogen (secondary N) is 2. The van der Waals surface area contributed by atoms with Gasteiger partial charge in [0.15, 0.2) is 0 Å². The van der Waals surface area contributed by atoms with Crippen molar-refractivity contribution in [1.29, 1.82) is 0 Å². The summed E-state index contributed by atoms with van der Waals surface area (Å²) in [6.45, 7) is 21.0. The highest BCUT2D eigenvalue weighted by Crippen LogP contribution is 2.12. The third-order valence-electron chi connectivity index (χ3n) is 7.33. The first-order chi connectivity index (χ1) is 20.0. The molecule has 0 spiro atoms. The summed E-state index contributed by atoms with van der Waals surface area (Å²) in [7, 11) is 0. The van der Waals surface area contributed by atoms with Crippen LogP contribution >= 0.6 is 0 Å². The third kappa shape index (κ3) is 50.5. The highest BCUT2D eigenvalue weighted by atomic mass is 16.2. The van der Waals surface area contributed by atoms with Crippen LogP contribution in [0.3, 0.4) is 0 Å². The Morgan fingerprint density at radius 3 is 1.07 bits per heavy atom. The van der Waals surface area contributed by atoms with Crippen LogP contribution in [0.2, 0.25) is 0 Å². The number of ketones is 1. The van der Waals surface area contributed by atoms with E-state index < -0.39 is 0 Å². The maximum Gasteiger partial charge on any atom is 0.219 e. The van der Waals surface area contributed by atoms with E-state index in [1.807, 2.05) is 20.8 Å². The van der Waals surface area contributed by atoms with Crippen molar-refractivity contribution < 1.29 is 14.4 Å². The lowest BCUT2D eigenvalue weighted by Crippen LogP contribution is -2.23. The van der Waals surface area contributed by atoms with Gasteiger partial charge in [-0.05, 0) is 37.0 Å². The number of amides is 2. The third-order valence-corrected chi connectivity index (χ3v) is 7.33. The SMILES string of the molecule is C.CCC(=O)CCCCCCCC(C)C.CCC(=O)NCCCCCC(C)C.CCC(=O)NCCCCCCCC(C)C. The Morgan fingerprint density at radius 2 is 0.744 bits per heavy atom.